The molecule has 0 radical (unpaired) electrons. The van der Waals surface area contributed by atoms with Crippen LogP contribution in [0.5, 0.6) is 0 Å². The number of Topliss-reactive ketones (excluding diaryl/α,β-unsaturated/α-hetero) is 1. The minimum Gasteiger partial charge on any atom is -0.351 e. The van der Waals surface area contributed by atoms with Crippen LogP contribution < -0.4 is 11.1 Å². The second-order valence-corrected chi connectivity index (χ2v) is 4.06. The van der Waals surface area contributed by atoms with Gasteiger partial charge in [0.05, 0.1) is 5.69 Å². The summed E-state index contributed by atoms with van der Waals surface area (Å²) in [6.45, 7) is 3.95. The second-order valence-electron chi connectivity index (χ2n) is 4.06. The van der Waals surface area contributed by atoms with Crippen molar-refractivity contribution in [1.29, 1.82) is 0 Å². The first kappa shape index (κ1) is 12.2. The number of anilines is 1. The van der Waals surface area contributed by atoms with Crippen molar-refractivity contribution in [2.24, 2.45) is 11.7 Å². The Kier molecular flexibility index (Phi) is 4.05. The van der Waals surface area contributed by atoms with Crippen LogP contribution >= 0.6 is 0 Å². The van der Waals surface area contributed by atoms with Crippen molar-refractivity contribution in [3.8, 4) is 0 Å². The molecule has 0 fully saturated rings. The summed E-state index contributed by atoms with van der Waals surface area (Å²) >= 11 is 0. The highest BCUT2D eigenvalue weighted by molar-refractivity contribution is 6.04. The molecule has 0 aliphatic carbocycles. The van der Waals surface area contributed by atoms with Crippen molar-refractivity contribution >= 4 is 17.5 Å². The zero-order valence-electron chi connectivity index (χ0n) is 9.49. The Morgan fingerprint density at radius 2 is 1.94 bits per heavy atom. The standard InChI is InChI=1S/C12H16N2O2/c1-8(2)7-11(15)9-5-3-4-6-10(9)14-12(13)16/h3-6,8H,7H2,1-2H3,(H3,13,14,16). The lowest BCUT2D eigenvalue weighted by atomic mass is 10.00. The Labute approximate surface area is 94.8 Å². The quantitative estimate of drug-likeness (QED) is 0.765. The van der Waals surface area contributed by atoms with Crippen molar-refractivity contribution in [1.82, 2.24) is 0 Å². The molecule has 0 spiro atoms. The van der Waals surface area contributed by atoms with E-state index in [1.165, 1.54) is 0 Å². The lowest BCUT2D eigenvalue weighted by Crippen LogP contribution is -2.21. The first-order chi connectivity index (χ1) is 7.50. The molecular weight excluding hydrogens is 204 g/mol. The molecule has 0 aliphatic heterocycles. The molecule has 16 heavy (non-hydrogen) atoms. The van der Waals surface area contributed by atoms with Gasteiger partial charge in [-0.05, 0) is 18.1 Å². The van der Waals surface area contributed by atoms with Gasteiger partial charge in [0, 0.05) is 12.0 Å². The molecule has 1 aromatic rings. The highest BCUT2D eigenvalue weighted by Crippen LogP contribution is 2.18. The monoisotopic (exact) mass is 220 g/mol. The molecule has 0 atom stereocenters. The minimum atomic E-state index is -0.662. The number of amides is 2. The zero-order chi connectivity index (χ0) is 12.1. The van der Waals surface area contributed by atoms with Gasteiger partial charge in [0.2, 0.25) is 0 Å². The molecule has 0 aromatic heterocycles. The van der Waals surface area contributed by atoms with Crippen molar-refractivity contribution in [2.45, 2.75) is 20.3 Å². The predicted molar refractivity (Wildman–Crippen MR) is 63.4 cm³/mol. The predicted octanol–water partition coefficient (Wildman–Crippen LogP) is 2.41. The van der Waals surface area contributed by atoms with Gasteiger partial charge in [0.25, 0.3) is 0 Å². The van der Waals surface area contributed by atoms with Gasteiger partial charge in [-0.1, -0.05) is 26.0 Å². The lowest BCUT2D eigenvalue weighted by Gasteiger charge is -2.09. The maximum absolute atomic E-state index is 11.9. The van der Waals surface area contributed by atoms with Crippen molar-refractivity contribution in [3.63, 3.8) is 0 Å². The molecule has 3 N–H and O–H groups in total. The fraction of sp³-hybridized carbons (Fsp3) is 0.333. The normalized spacial score (nSPS) is 10.2. The number of carbonyl (C=O) groups excluding carboxylic acids is 2. The number of rotatable bonds is 4. The first-order valence-corrected chi connectivity index (χ1v) is 5.19. The maximum atomic E-state index is 11.9. The number of hydrogen-bond donors (Lipinski definition) is 2. The van der Waals surface area contributed by atoms with Crippen LogP contribution in [-0.4, -0.2) is 11.8 Å². The molecule has 4 nitrogen and oxygen atoms in total. The smallest absolute Gasteiger partial charge is 0.316 e. The summed E-state index contributed by atoms with van der Waals surface area (Å²) in [4.78, 5) is 22.6. The van der Waals surface area contributed by atoms with E-state index >= 15 is 0 Å². The summed E-state index contributed by atoms with van der Waals surface area (Å²) < 4.78 is 0. The van der Waals surface area contributed by atoms with Gasteiger partial charge in [-0.2, -0.15) is 0 Å². The fourth-order valence-electron chi connectivity index (χ4n) is 1.45. The molecule has 0 bridgehead atoms. The van der Waals surface area contributed by atoms with Crippen LogP contribution in [0.3, 0.4) is 0 Å². The van der Waals surface area contributed by atoms with E-state index in [0.29, 0.717) is 17.7 Å². The van der Waals surface area contributed by atoms with E-state index < -0.39 is 6.03 Å². The average Bonchev–Trinajstić information content (AvgIpc) is 2.16. The lowest BCUT2D eigenvalue weighted by molar-refractivity contribution is 0.0968. The SMILES string of the molecule is CC(C)CC(=O)c1ccccc1NC(N)=O. The number of para-hydroxylation sites is 1. The number of primary amides is 1. The largest absolute Gasteiger partial charge is 0.351 e. The van der Waals surface area contributed by atoms with Crippen molar-refractivity contribution in [3.05, 3.63) is 29.8 Å². The number of ketones is 1. The van der Waals surface area contributed by atoms with E-state index in [0.717, 1.165) is 0 Å². The van der Waals surface area contributed by atoms with Crippen molar-refractivity contribution in [2.75, 3.05) is 5.32 Å². The van der Waals surface area contributed by atoms with Gasteiger partial charge in [-0.15, -0.1) is 0 Å². The highest BCUT2D eigenvalue weighted by Gasteiger charge is 2.12. The number of nitrogens with one attached hydrogen (secondary N) is 1. The summed E-state index contributed by atoms with van der Waals surface area (Å²) in [5.74, 6) is 0.300. The number of urea groups is 1. The van der Waals surface area contributed by atoms with Gasteiger partial charge >= 0.3 is 6.03 Å². The summed E-state index contributed by atoms with van der Waals surface area (Å²) in [5, 5.41) is 2.45. The minimum absolute atomic E-state index is 0.0133. The summed E-state index contributed by atoms with van der Waals surface area (Å²) in [6, 6.07) is 6.20. The summed E-state index contributed by atoms with van der Waals surface area (Å²) in [6.07, 6.45) is 0.456. The Balaban J connectivity index is 2.94. The van der Waals surface area contributed by atoms with Gasteiger partial charge in [0.15, 0.2) is 5.78 Å². The molecule has 4 heteroatoms. The van der Waals surface area contributed by atoms with Crippen molar-refractivity contribution < 1.29 is 9.59 Å². The molecule has 0 heterocycles. The van der Waals surface area contributed by atoms with Crippen LogP contribution in [0.1, 0.15) is 30.6 Å². The maximum Gasteiger partial charge on any atom is 0.316 e. The van der Waals surface area contributed by atoms with E-state index in [1.54, 1.807) is 24.3 Å². The van der Waals surface area contributed by atoms with E-state index in [1.807, 2.05) is 13.8 Å². The van der Waals surface area contributed by atoms with Crippen LogP contribution in [-0.2, 0) is 0 Å². The van der Waals surface area contributed by atoms with E-state index in [4.69, 9.17) is 5.73 Å². The molecule has 1 rings (SSSR count). The first-order valence-electron chi connectivity index (χ1n) is 5.19. The summed E-state index contributed by atoms with van der Waals surface area (Å²) in [7, 11) is 0. The molecule has 0 aliphatic rings. The van der Waals surface area contributed by atoms with Crippen LogP contribution in [0.4, 0.5) is 10.5 Å². The van der Waals surface area contributed by atoms with Crippen LogP contribution in [0, 0.1) is 5.92 Å². The van der Waals surface area contributed by atoms with E-state index in [9.17, 15) is 9.59 Å². The van der Waals surface area contributed by atoms with Crippen LogP contribution in [0.25, 0.3) is 0 Å². The fourth-order valence-corrected chi connectivity index (χ4v) is 1.45. The Morgan fingerprint density at radius 3 is 2.50 bits per heavy atom. The third-order valence-electron chi connectivity index (χ3n) is 2.08. The van der Waals surface area contributed by atoms with Crippen LogP contribution in [0.15, 0.2) is 24.3 Å². The van der Waals surface area contributed by atoms with Gasteiger partial charge < -0.3 is 11.1 Å². The number of hydrogen-bond acceptors (Lipinski definition) is 2. The number of carbonyl (C=O) groups is 2. The van der Waals surface area contributed by atoms with E-state index in [2.05, 4.69) is 5.32 Å². The average molecular weight is 220 g/mol. The van der Waals surface area contributed by atoms with Gasteiger partial charge in [-0.25, -0.2) is 4.79 Å². The molecule has 0 saturated carbocycles. The van der Waals surface area contributed by atoms with E-state index in [-0.39, 0.29) is 11.7 Å². The molecule has 2 amide bonds. The van der Waals surface area contributed by atoms with Crippen LogP contribution in [0.2, 0.25) is 0 Å². The molecule has 1 aromatic carbocycles. The third kappa shape index (κ3) is 3.38. The van der Waals surface area contributed by atoms with Gasteiger partial charge in [-0.3, -0.25) is 4.79 Å². The Bertz CT molecular complexity index is 400. The second kappa shape index (κ2) is 5.30. The third-order valence-corrected chi connectivity index (χ3v) is 2.08. The Morgan fingerprint density at radius 1 is 1.31 bits per heavy atom. The van der Waals surface area contributed by atoms with Gasteiger partial charge in [0.1, 0.15) is 0 Å². The highest BCUT2D eigenvalue weighted by atomic mass is 16.2. The molecular formula is C12H16N2O2. The Hall–Kier alpha value is -1.84. The topological polar surface area (TPSA) is 72.2 Å². The molecule has 86 valence electrons. The number of nitrogens with two attached hydrogens (primary N) is 1. The summed E-state index contributed by atoms with van der Waals surface area (Å²) in [5.41, 5.74) is 6.02. The number of benzene rings is 1. The molecule has 0 saturated heterocycles. The zero-order valence-corrected chi connectivity index (χ0v) is 9.49. The molecule has 0 unspecified atom stereocenters.